The summed E-state index contributed by atoms with van der Waals surface area (Å²) in [5.41, 5.74) is 0.386. The Kier molecular flexibility index (Phi) is 3.29. The summed E-state index contributed by atoms with van der Waals surface area (Å²) in [6.07, 6.45) is 1.59. The number of amides is 1. The third-order valence-corrected chi connectivity index (χ3v) is 2.66. The summed E-state index contributed by atoms with van der Waals surface area (Å²) >= 11 is 1.32. The van der Waals surface area contributed by atoms with E-state index >= 15 is 0 Å². The van der Waals surface area contributed by atoms with E-state index in [1.54, 1.807) is 24.6 Å². The molecule has 7 heteroatoms. The number of carbonyl (C=O) groups is 1. The van der Waals surface area contributed by atoms with Crippen molar-refractivity contribution >= 4 is 22.4 Å². The van der Waals surface area contributed by atoms with Crippen LogP contribution in [0.4, 0.5) is 5.13 Å². The topological polar surface area (TPSA) is 76.9 Å². The van der Waals surface area contributed by atoms with Crippen LogP contribution in [0.1, 0.15) is 5.69 Å². The van der Waals surface area contributed by atoms with Gasteiger partial charge in [-0.15, -0.1) is 11.3 Å². The van der Waals surface area contributed by atoms with E-state index in [-0.39, 0.29) is 18.0 Å². The fourth-order valence-corrected chi connectivity index (χ4v) is 1.79. The van der Waals surface area contributed by atoms with Gasteiger partial charge in [0, 0.05) is 17.6 Å². The first-order chi connectivity index (χ1) is 8.15. The molecule has 1 amide bonds. The van der Waals surface area contributed by atoms with E-state index in [1.807, 2.05) is 0 Å². The lowest BCUT2D eigenvalue weighted by molar-refractivity contribution is -0.117. The summed E-state index contributed by atoms with van der Waals surface area (Å²) in [6, 6.07) is 3.00. The molecule has 88 valence electrons. The Balaban J connectivity index is 2.08. The van der Waals surface area contributed by atoms with E-state index in [0.29, 0.717) is 10.8 Å². The van der Waals surface area contributed by atoms with Crippen LogP contribution < -0.4 is 10.9 Å². The van der Waals surface area contributed by atoms with Gasteiger partial charge in [-0.05, 0) is 13.0 Å². The first-order valence-electron chi connectivity index (χ1n) is 4.89. The maximum Gasteiger partial charge on any atom is 0.267 e. The molecule has 0 atom stereocenters. The van der Waals surface area contributed by atoms with Crippen LogP contribution >= 0.6 is 11.3 Å². The highest BCUT2D eigenvalue weighted by Crippen LogP contribution is 2.09. The summed E-state index contributed by atoms with van der Waals surface area (Å²) in [6.45, 7) is 1.65. The number of carbonyl (C=O) groups excluding carboxylic acids is 1. The molecule has 0 saturated carbocycles. The molecule has 1 N–H and O–H groups in total. The van der Waals surface area contributed by atoms with Gasteiger partial charge in [0.1, 0.15) is 6.54 Å². The van der Waals surface area contributed by atoms with Gasteiger partial charge in [-0.2, -0.15) is 5.10 Å². The third kappa shape index (κ3) is 2.97. The predicted molar refractivity (Wildman–Crippen MR) is 64.0 cm³/mol. The summed E-state index contributed by atoms with van der Waals surface area (Å²) in [4.78, 5) is 26.9. The lowest BCUT2D eigenvalue weighted by Gasteiger charge is -2.04. The Morgan fingerprint density at radius 1 is 1.53 bits per heavy atom. The summed E-state index contributed by atoms with van der Waals surface area (Å²) in [5.74, 6) is -0.319. The predicted octanol–water partition coefficient (Wildman–Crippen LogP) is 0.647. The Morgan fingerprint density at radius 3 is 3.06 bits per heavy atom. The van der Waals surface area contributed by atoms with Crippen LogP contribution in [0.2, 0.25) is 0 Å². The molecule has 2 rings (SSSR count). The maximum atomic E-state index is 11.6. The number of aromatic nitrogens is 3. The first kappa shape index (κ1) is 11.5. The van der Waals surface area contributed by atoms with Crippen LogP contribution in [0.5, 0.6) is 0 Å². The van der Waals surface area contributed by atoms with Crippen molar-refractivity contribution in [2.75, 3.05) is 5.32 Å². The number of anilines is 1. The van der Waals surface area contributed by atoms with Gasteiger partial charge < -0.3 is 5.32 Å². The molecule has 0 radical (unpaired) electrons. The molecule has 2 heterocycles. The highest BCUT2D eigenvalue weighted by molar-refractivity contribution is 7.13. The van der Waals surface area contributed by atoms with Crippen LogP contribution in [0.15, 0.2) is 28.5 Å². The van der Waals surface area contributed by atoms with Gasteiger partial charge in [-0.25, -0.2) is 9.67 Å². The van der Waals surface area contributed by atoms with Crippen molar-refractivity contribution < 1.29 is 4.79 Å². The fourth-order valence-electron chi connectivity index (χ4n) is 1.24. The van der Waals surface area contributed by atoms with E-state index in [2.05, 4.69) is 15.4 Å². The van der Waals surface area contributed by atoms with E-state index < -0.39 is 0 Å². The summed E-state index contributed by atoms with van der Waals surface area (Å²) < 4.78 is 1.12. The monoisotopic (exact) mass is 250 g/mol. The maximum absolute atomic E-state index is 11.6. The number of hydrogen-bond donors (Lipinski definition) is 1. The van der Waals surface area contributed by atoms with Gasteiger partial charge in [0.05, 0.1) is 5.69 Å². The molecule has 0 aliphatic rings. The molecule has 0 aliphatic heterocycles. The van der Waals surface area contributed by atoms with E-state index in [9.17, 15) is 9.59 Å². The zero-order valence-corrected chi connectivity index (χ0v) is 9.90. The van der Waals surface area contributed by atoms with Crippen molar-refractivity contribution in [3.8, 4) is 0 Å². The smallest absolute Gasteiger partial charge is 0.267 e. The SMILES string of the molecule is Cc1ccc(=O)n(CC(=O)Nc2nccs2)n1. The molecule has 0 bridgehead atoms. The fraction of sp³-hybridized carbons (Fsp3) is 0.200. The second-order valence-corrected chi connectivity index (χ2v) is 4.25. The van der Waals surface area contributed by atoms with Crippen LogP contribution in [0, 0.1) is 6.92 Å². The zero-order chi connectivity index (χ0) is 12.3. The van der Waals surface area contributed by atoms with Gasteiger partial charge >= 0.3 is 0 Å². The minimum atomic E-state index is -0.319. The molecule has 0 spiro atoms. The van der Waals surface area contributed by atoms with Gasteiger partial charge in [0.25, 0.3) is 5.56 Å². The van der Waals surface area contributed by atoms with Gasteiger partial charge in [-0.3, -0.25) is 9.59 Å². The van der Waals surface area contributed by atoms with Gasteiger partial charge in [0.15, 0.2) is 5.13 Å². The Morgan fingerprint density at radius 2 is 2.35 bits per heavy atom. The average molecular weight is 250 g/mol. The zero-order valence-electron chi connectivity index (χ0n) is 9.08. The lowest BCUT2D eigenvalue weighted by atomic mass is 10.4. The summed E-state index contributed by atoms with van der Waals surface area (Å²) in [5, 5.41) is 8.82. The Labute approximate surface area is 101 Å². The van der Waals surface area contributed by atoms with Crippen molar-refractivity contribution in [2.24, 2.45) is 0 Å². The second-order valence-electron chi connectivity index (χ2n) is 3.36. The van der Waals surface area contributed by atoms with E-state index in [4.69, 9.17) is 0 Å². The quantitative estimate of drug-likeness (QED) is 0.867. The lowest BCUT2D eigenvalue weighted by Crippen LogP contribution is -2.29. The van der Waals surface area contributed by atoms with Gasteiger partial charge in [-0.1, -0.05) is 0 Å². The molecule has 0 saturated heterocycles. The van der Waals surface area contributed by atoms with Crippen molar-refractivity contribution in [3.63, 3.8) is 0 Å². The molecule has 17 heavy (non-hydrogen) atoms. The van der Waals surface area contributed by atoms with Crippen LogP contribution in [0.25, 0.3) is 0 Å². The van der Waals surface area contributed by atoms with Gasteiger partial charge in [0.2, 0.25) is 5.91 Å². The van der Waals surface area contributed by atoms with Crippen molar-refractivity contribution in [1.29, 1.82) is 0 Å². The molecular formula is C10H10N4O2S. The minimum absolute atomic E-state index is 0.111. The van der Waals surface area contributed by atoms with Crippen molar-refractivity contribution in [1.82, 2.24) is 14.8 Å². The molecule has 0 aliphatic carbocycles. The Bertz CT molecular complexity index is 576. The molecule has 6 nitrogen and oxygen atoms in total. The van der Waals surface area contributed by atoms with Crippen LogP contribution in [-0.2, 0) is 11.3 Å². The number of thiazole rings is 1. The molecule has 0 aromatic carbocycles. The normalized spacial score (nSPS) is 10.2. The first-order valence-corrected chi connectivity index (χ1v) is 5.77. The Hall–Kier alpha value is -2.02. The second kappa shape index (κ2) is 4.88. The highest BCUT2D eigenvalue weighted by atomic mass is 32.1. The van der Waals surface area contributed by atoms with Crippen molar-refractivity contribution in [3.05, 3.63) is 39.8 Å². The number of aryl methyl sites for hydroxylation is 1. The standard InChI is InChI=1S/C10H10N4O2S/c1-7-2-3-9(16)14(13-7)6-8(15)12-10-11-4-5-17-10/h2-5H,6H2,1H3,(H,11,12,15). The number of hydrogen-bond acceptors (Lipinski definition) is 5. The third-order valence-electron chi connectivity index (χ3n) is 1.97. The number of nitrogens with one attached hydrogen (secondary N) is 1. The number of nitrogens with zero attached hydrogens (tertiary/aromatic N) is 3. The average Bonchev–Trinajstić information content (AvgIpc) is 2.76. The van der Waals surface area contributed by atoms with E-state index in [1.165, 1.54) is 17.4 Å². The highest BCUT2D eigenvalue weighted by Gasteiger charge is 2.07. The molecule has 0 fully saturated rings. The molecule has 2 aromatic heterocycles. The van der Waals surface area contributed by atoms with Crippen molar-refractivity contribution in [2.45, 2.75) is 13.5 Å². The minimum Gasteiger partial charge on any atom is -0.300 e. The largest absolute Gasteiger partial charge is 0.300 e. The van der Waals surface area contributed by atoms with Crippen LogP contribution in [0.3, 0.4) is 0 Å². The molecule has 0 unspecified atom stereocenters. The number of rotatable bonds is 3. The van der Waals surface area contributed by atoms with Crippen LogP contribution in [-0.4, -0.2) is 20.7 Å². The van der Waals surface area contributed by atoms with E-state index in [0.717, 1.165) is 4.68 Å². The molecular weight excluding hydrogens is 240 g/mol. The molecule has 2 aromatic rings. The summed E-state index contributed by atoms with van der Waals surface area (Å²) in [7, 11) is 0.